The molecule has 17 heteroatoms. The molecule has 15 nitrogen and oxygen atoms in total. The van der Waals surface area contributed by atoms with Crippen molar-refractivity contribution in [1.29, 1.82) is 10.5 Å². The Morgan fingerprint density at radius 3 is 1.69 bits per heavy atom. The van der Waals surface area contributed by atoms with Crippen molar-refractivity contribution in [3.05, 3.63) is 69.5 Å². The largest absolute Gasteiger partial charge is 0.384 e. The standard InChI is InChI=1S/C18H26N4O4S.C17H24N4O3S/c1-25-11-7-21-27(23,24)18(15-19)14-16-2-4-17(5-3-16)20-6-8-22-9-12-26-13-10-22;1-20-8-10-21(11-9-20)16-5-3-15(4-6-16)13-17(14-18)25(22,23)19-7-12-24-2/h2-5,14,20-21H,6-13H2,1H3;3-6,13,19H,7-12H2,1-2H3/b18-14+;17-13+. The van der Waals surface area contributed by atoms with Crippen molar-refractivity contribution in [2.75, 3.05) is 123 Å². The molecule has 0 spiro atoms. The number of hydrogen-bond acceptors (Lipinski definition) is 13. The van der Waals surface area contributed by atoms with Gasteiger partial charge in [0, 0.05) is 91.0 Å². The highest BCUT2D eigenvalue weighted by molar-refractivity contribution is 7.94. The molecule has 0 unspecified atom stereocenters. The van der Waals surface area contributed by atoms with Crippen LogP contribution in [0.1, 0.15) is 11.1 Å². The number of allylic oxidation sites excluding steroid dienone is 2. The maximum atomic E-state index is 12.1. The molecule has 0 bridgehead atoms. The van der Waals surface area contributed by atoms with Gasteiger partial charge in [0.05, 0.1) is 26.4 Å². The first-order chi connectivity index (χ1) is 25.0. The highest BCUT2D eigenvalue weighted by atomic mass is 32.2. The van der Waals surface area contributed by atoms with E-state index in [-0.39, 0.29) is 36.1 Å². The Bertz CT molecular complexity index is 1740. The maximum Gasteiger partial charge on any atom is 0.250 e. The van der Waals surface area contributed by atoms with Gasteiger partial charge in [-0.3, -0.25) is 4.90 Å². The van der Waals surface area contributed by atoms with E-state index in [1.807, 2.05) is 36.4 Å². The van der Waals surface area contributed by atoms with Crippen LogP contribution in [0, 0.1) is 22.7 Å². The average molecular weight is 759 g/mol. The lowest BCUT2D eigenvalue weighted by Gasteiger charge is -2.34. The zero-order valence-electron chi connectivity index (χ0n) is 30.1. The quantitative estimate of drug-likeness (QED) is 0.156. The predicted molar refractivity (Wildman–Crippen MR) is 203 cm³/mol. The molecule has 0 aromatic heterocycles. The number of rotatable bonds is 17. The van der Waals surface area contributed by atoms with Crippen LogP contribution in [-0.2, 0) is 34.3 Å². The minimum Gasteiger partial charge on any atom is -0.384 e. The van der Waals surface area contributed by atoms with Crippen molar-refractivity contribution in [2.24, 2.45) is 0 Å². The molecule has 2 heterocycles. The summed E-state index contributed by atoms with van der Waals surface area (Å²) in [5.74, 6) is 0. The van der Waals surface area contributed by atoms with E-state index in [0.717, 1.165) is 76.9 Å². The molecule has 2 saturated heterocycles. The lowest BCUT2D eigenvalue weighted by molar-refractivity contribution is 0.0398. The zero-order chi connectivity index (χ0) is 37.8. The number of nitriles is 2. The molecule has 2 aliphatic heterocycles. The zero-order valence-corrected chi connectivity index (χ0v) is 31.7. The molecule has 2 fully saturated rings. The first kappa shape index (κ1) is 42.5. The monoisotopic (exact) mass is 758 g/mol. The molecule has 52 heavy (non-hydrogen) atoms. The molecule has 2 aliphatic rings. The second-order valence-electron chi connectivity index (χ2n) is 11.9. The topological polar surface area (TPSA) is 189 Å². The minimum atomic E-state index is -3.84. The van der Waals surface area contributed by atoms with Gasteiger partial charge in [0.25, 0.3) is 20.0 Å². The van der Waals surface area contributed by atoms with Crippen LogP contribution in [0.5, 0.6) is 0 Å². The fourth-order valence-electron chi connectivity index (χ4n) is 5.08. The van der Waals surface area contributed by atoms with Gasteiger partial charge in [0.1, 0.15) is 12.1 Å². The molecule has 0 atom stereocenters. The fraction of sp³-hybridized carbons (Fsp3) is 0.486. The molecule has 4 rings (SSSR count). The summed E-state index contributed by atoms with van der Waals surface area (Å²) in [6.45, 7) is 9.93. The maximum absolute atomic E-state index is 12.1. The molecule has 0 amide bonds. The van der Waals surface area contributed by atoms with Gasteiger partial charge in [0.2, 0.25) is 0 Å². The summed E-state index contributed by atoms with van der Waals surface area (Å²) in [6.07, 6.45) is 2.73. The van der Waals surface area contributed by atoms with Gasteiger partial charge < -0.3 is 29.3 Å². The Labute approximate surface area is 308 Å². The van der Waals surface area contributed by atoms with E-state index in [9.17, 15) is 27.4 Å². The predicted octanol–water partition coefficient (Wildman–Crippen LogP) is 1.73. The summed E-state index contributed by atoms with van der Waals surface area (Å²) in [6, 6.07) is 18.4. The van der Waals surface area contributed by atoms with Gasteiger partial charge in [-0.2, -0.15) is 10.5 Å². The van der Waals surface area contributed by atoms with E-state index in [1.54, 1.807) is 24.3 Å². The Balaban J connectivity index is 0.000000281. The molecular weight excluding hydrogens is 709 g/mol. The van der Waals surface area contributed by atoms with Crippen molar-refractivity contribution < 1.29 is 31.0 Å². The molecular formula is C35H50N8O7S2. The van der Waals surface area contributed by atoms with Crippen LogP contribution in [-0.4, -0.2) is 140 Å². The van der Waals surface area contributed by atoms with Crippen molar-refractivity contribution in [2.45, 2.75) is 0 Å². The third kappa shape index (κ3) is 14.6. The van der Waals surface area contributed by atoms with Crippen LogP contribution in [0.3, 0.4) is 0 Å². The fourth-order valence-corrected chi connectivity index (χ4v) is 6.92. The highest BCUT2D eigenvalue weighted by Gasteiger charge is 2.19. The van der Waals surface area contributed by atoms with Gasteiger partial charge in [-0.05, 0) is 54.6 Å². The van der Waals surface area contributed by atoms with Crippen LogP contribution in [0.4, 0.5) is 11.4 Å². The van der Waals surface area contributed by atoms with Crippen LogP contribution in [0.25, 0.3) is 12.2 Å². The Hall–Kier alpha value is -3.88. The summed E-state index contributed by atoms with van der Waals surface area (Å²) in [5.41, 5.74) is 3.36. The Kier molecular flexibility index (Phi) is 18.2. The molecule has 2 aromatic carbocycles. The van der Waals surface area contributed by atoms with Gasteiger partial charge in [0.15, 0.2) is 9.81 Å². The van der Waals surface area contributed by atoms with Gasteiger partial charge >= 0.3 is 0 Å². The molecule has 0 aliphatic carbocycles. The summed E-state index contributed by atoms with van der Waals surface area (Å²) in [7, 11) is -2.60. The van der Waals surface area contributed by atoms with Crippen LogP contribution in [0.15, 0.2) is 58.3 Å². The third-order valence-corrected chi connectivity index (χ3v) is 10.9. The third-order valence-electron chi connectivity index (χ3n) is 8.12. The number of ether oxygens (including phenoxy) is 3. The van der Waals surface area contributed by atoms with E-state index in [4.69, 9.17) is 14.2 Å². The number of likely N-dealkylation sites (N-methyl/N-ethyl adjacent to an activating group) is 1. The smallest absolute Gasteiger partial charge is 0.250 e. The lowest BCUT2D eigenvalue weighted by Crippen LogP contribution is -2.44. The van der Waals surface area contributed by atoms with Gasteiger partial charge in [-0.1, -0.05) is 24.3 Å². The first-order valence-electron chi connectivity index (χ1n) is 16.9. The number of morpholine rings is 1. The molecule has 284 valence electrons. The first-order valence-corrected chi connectivity index (χ1v) is 19.9. The molecule has 2 aromatic rings. The van der Waals surface area contributed by atoms with Crippen LogP contribution in [0.2, 0.25) is 0 Å². The highest BCUT2D eigenvalue weighted by Crippen LogP contribution is 2.19. The number of methoxy groups -OCH3 is 2. The number of sulfonamides is 2. The van der Waals surface area contributed by atoms with E-state index in [0.29, 0.717) is 11.1 Å². The number of piperazine rings is 1. The van der Waals surface area contributed by atoms with Crippen molar-refractivity contribution in [3.63, 3.8) is 0 Å². The second-order valence-corrected chi connectivity index (χ2v) is 15.4. The van der Waals surface area contributed by atoms with E-state index in [2.05, 4.69) is 36.5 Å². The number of benzene rings is 2. The molecule has 3 N–H and O–H groups in total. The minimum absolute atomic E-state index is 0.115. The van der Waals surface area contributed by atoms with Crippen molar-refractivity contribution in [1.82, 2.24) is 19.2 Å². The normalized spacial score (nSPS) is 16.4. The summed E-state index contributed by atoms with van der Waals surface area (Å²) >= 11 is 0. The summed E-state index contributed by atoms with van der Waals surface area (Å²) < 4.78 is 68.1. The van der Waals surface area contributed by atoms with E-state index >= 15 is 0 Å². The average Bonchev–Trinajstić information content (AvgIpc) is 3.14. The number of anilines is 2. The van der Waals surface area contributed by atoms with Gasteiger partial charge in [-0.15, -0.1) is 0 Å². The second kappa shape index (κ2) is 22.2. The molecule has 0 saturated carbocycles. The van der Waals surface area contributed by atoms with Crippen molar-refractivity contribution in [3.8, 4) is 12.1 Å². The summed E-state index contributed by atoms with van der Waals surface area (Å²) in [4.78, 5) is 6.28. The molecule has 0 radical (unpaired) electrons. The van der Waals surface area contributed by atoms with Gasteiger partial charge in [-0.25, -0.2) is 26.3 Å². The summed E-state index contributed by atoms with van der Waals surface area (Å²) in [5, 5.41) is 21.7. The number of hydrogen-bond donors (Lipinski definition) is 3. The van der Waals surface area contributed by atoms with E-state index in [1.165, 1.54) is 26.4 Å². The van der Waals surface area contributed by atoms with Crippen LogP contribution >= 0.6 is 0 Å². The van der Waals surface area contributed by atoms with Crippen molar-refractivity contribution >= 4 is 43.6 Å². The Morgan fingerprint density at radius 1 is 0.750 bits per heavy atom. The van der Waals surface area contributed by atoms with E-state index < -0.39 is 20.0 Å². The number of nitrogens with zero attached hydrogens (tertiary/aromatic N) is 5. The lowest BCUT2D eigenvalue weighted by atomic mass is 10.1. The Morgan fingerprint density at radius 2 is 1.23 bits per heavy atom. The SMILES string of the molecule is COCCNS(=O)(=O)/C(C#N)=C/c1ccc(N2CCN(C)CC2)cc1.COCCNS(=O)(=O)/C(C#N)=C/c1ccc(NCCN2CCOCC2)cc1. The van der Waals surface area contributed by atoms with Crippen LogP contribution < -0.4 is 19.7 Å². The number of nitrogens with one attached hydrogen (secondary N) is 3.